The zero-order valence-electron chi connectivity index (χ0n) is 5.87. The summed E-state index contributed by atoms with van der Waals surface area (Å²) < 4.78 is 1.76. The van der Waals surface area contributed by atoms with E-state index in [1.807, 2.05) is 13.3 Å². The number of hydrogen-bond acceptors (Lipinski definition) is 3. The van der Waals surface area contributed by atoms with Gasteiger partial charge in [-0.2, -0.15) is 0 Å². The topological polar surface area (TPSA) is 34.9 Å². The van der Waals surface area contributed by atoms with Crippen LogP contribution in [0.15, 0.2) is 11.2 Å². The van der Waals surface area contributed by atoms with Gasteiger partial charge in [-0.15, -0.1) is 11.8 Å². The molecule has 54 valence electrons. The first kappa shape index (κ1) is 7.34. The van der Waals surface area contributed by atoms with Crippen molar-refractivity contribution in [2.75, 3.05) is 6.26 Å². The van der Waals surface area contributed by atoms with Crippen molar-refractivity contribution < 1.29 is 4.79 Å². The lowest BCUT2D eigenvalue weighted by Crippen LogP contribution is -1.96. The standard InChI is InChI=1S/C6H8N2OS/c1-8-5(4-9)7-3-6(8)10-2/h3-4H,1-2H3. The van der Waals surface area contributed by atoms with E-state index in [4.69, 9.17) is 0 Å². The van der Waals surface area contributed by atoms with Crippen molar-refractivity contribution in [2.24, 2.45) is 7.05 Å². The van der Waals surface area contributed by atoms with E-state index in [0.717, 1.165) is 11.3 Å². The number of hydrogen-bond donors (Lipinski definition) is 0. The van der Waals surface area contributed by atoms with Crippen LogP contribution in [0.3, 0.4) is 0 Å². The van der Waals surface area contributed by atoms with Gasteiger partial charge in [-0.3, -0.25) is 4.79 Å². The van der Waals surface area contributed by atoms with E-state index < -0.39 is 0 Å². The van der Waals surface area contributed by atoms with Gasteiger partial charge in [-0.05, 0) is 6.26 Å². The van der Waals surface area contributed by atoms with Crippen LogP contribution in [0.1, 0.15) is 10.6 Å². The summed E-state index contributed by atoms with van der Waals surface area (Å²) in [5, 5.41) is 1.00. The van der Waals surface area contributed by atoms with Crippen molar-refractivity contribution in [3.8, 4) is 0 Å². The minimum atomic E-state index is 0.476. The zero-order valence-corrected chi connectivity index (χ0v) is 6.68. The van der Waals surface area contributed by atoms with Crippen LogP contribution >= 0.6 is 11.8 Å². The van der Waals surface area contributed by atoms with E-state index in [9.17, 15) is 4.79 Å². The Morgan fingerprint density at radius 1 is 1.80 bits per heavy atom. The predicted octanol–water partition coefficient (Wildman–Crippen LogP) is 0.955. The third-order valence-electron chi connectivity index (χ3n) is 1.30. The first-order valence-electron chi connectivity index (χ1n) is 2.80. The number of aldehydes is 1. The fourth-order valence-electron chi connectivity index (χ4n) is 0.707. The van der Waals surface area contributed by atoms with Gasteiger partial charge in [0, 0.05) is 7.05 Å². The van der Waals surface area contributed by atoms with Crippen LogP contribution in [0.2, 0.25) is 0 Å². The van der Waals surface area contributed by atoms with Crippen molar-refractivity contribution in [3.05, 3.63) is 12.0 Å². The summed E-state index contributed by atoms with van der Waals surface area (Å²) in [6.45, 7) is 0. The van der Waals surface area contributed by atoms with Crippen molar-refractivity contribution >= 4 is 18.0 Å². The number of carbonyl (C=O) groups excluding carboxylic acids is 1. The molecule has 0 saturated heterocycles. The van der Waals surface area contributed by atoms with Gasteiger partial charge in [0.2, 0.25) is 0 Å². The van der Waals surface area contributed by atoms with E-state index in [0.29, 0.717) is 5.82 Å². The fourth-order valence-corrected chi connectivity index (χ4v) is 1.23. The van der Waals surface area contributed by atoms with Gasteiger partial charge in [0.25, 0.3) is 0 Å². The van der Waals surface area contributed by atoms with E-state index in [-0.39, 0.29) is 0 Å². The Kier molecular flexibility index (Phi) is 2.11. The molecule has 0 radical (unpaired) electrons. The molecule has 0 aliphatic heterocycles. The van der Waals surface area contributed by atoms with Crippen LogP contribution in [0.5, 0.6) is 0 Å². The molecule has 1 aromatic rings. The first-order chi connectivity index (χ1) is 4.79. The summed E-state index contributed by atoms with van der Waals surface area (Å²) in [7, 11) is 1.82. The molecule has 0 unspecified atom stereocenters. The molecule has 10 heavy (non-hydrogen) atoms. The van der Waals surface area contributed by atoms with Crippen LogP contribution in [0.4, 0.5) is 0 Å². The molecule has 1 heterocycles. The molecule has 0 spiro atoms. The number of aromatic nitrogens is 2. The quantitative estimate of drug-likeness (QED) is 0.472. The molecule has 0 aliphatic rings. The highest BCUT2D eigenvalue weighted by molar-refractivity contribution is 7.98. The fraction of sp³-hybridized carbons (Fsp3) is 0.333. The van der Waals surface area contributed by atoms with Gasteiger partial charge in [0.15, 0.2) is 12.1 Å². The second kappa shape index (κ2) is 2.88. The van der Waals surface area contributed by atoms with E-state index in [2.05, 4.69) is 4.98 Å². The van der Waals surface area contributed by atoms with Gasteiger partial charge in [-0.1, -0.05) is 0 Å². The molecule has 1 aromatic heterocycles. The predicted molar refractivity (Wildman–Crippen MR) is 40.4 cm³/mol. The van der Waals surface area contributed by atoms with E-state index >= 15 is 0 Å². The Balaban J connectivity index is 3.08. The first-order valence-corrected chi connectivity index (χ1v) is 4.03. The molecule has 1 rings (SSSR count). The highest BCUT2D eigenvalue weighted by atomic mass is 32.2. The average Bonchev–Trinajstić information content (AvgIpc) is 2.30. The summed E-state index contributed by atoms with van der Waals surface area (Å²) >= 11 is 1.57. The molecule has 0 saturated carbocycles. The normalized spacial score (nSPS) is 9.80. The summed E-state index contributed by atoms with van der Waals surface area (Å²) in [6.07, 6.45) is 4.39. The van der Waals surface area contributed by atoms with E-state index in [1.54, 1.807) is 22.5 Å². The maximum Gasteiger partial charge on any atom is 0.185 e. The summed E-state index contributed by atoms with van der Waals surface area (Å²) in [4.78, 5) is 14.1. The Bertz CT molecular complexity index is 244. The molecule has 3 nitrogen and oxygen atoms in total. The molecule has 4 heteroatoms. The van der Waals surface area contributed by atoms with Gasteiger partial charge in [0.05, 0.1) is 11.2 Å². The smallest absolute Gasteiger partial charge is 0.185 e. The Morgan fingerprint density at radius 3 is 2.80 bits per heavy atom. The van der Waals surface area contributed by atoms with Crippen LogP contribution in [-0.4, -0.2) is 22.1 Å². The highest BCUT2D eigenvalue weighted by Gasteiger charge is 2.01. The van der Waals surface area contributed by atoms with Crippen LogP contribution in [0, 0.1) is 0 Å². The van der Waals surface area contributed by atoms with E-state index in [1.165, 1.54) is 0 Å². The molecule has 0 aliphatic carbocycles. The minimum absolute atomic E-state index is 0.476. The monoisotopic (exact) mass is 156 g/mol. The molecule has 0 fully saturated rings. The number of rotatable bonds is 2. The van der Waals surface area contributed by atoms with Crippen molar-refractivity contribution in [2.45, 2.75) is 5.03 Å². The van der Waals surface area contributed by atoms with Gasteiger partial charge in [0.1, 0.15) is 0 Å². The summed E-state index contributed by atoms with van der Waals surface area (Å²) in [5.41, 5.74) is 0. The second-order valence-corrected chi connectivity index (χ2v) is 2.66. The third-order valence-corrected chi connectivity index (χ3v) is 2.09. The summed E-state index contributed by atoms with van der Waals surface area (Å²) in [6, 6.07) is 0. The maximum atomic E-state index is 10.3. The Hall–Kier alpha value is -0.770. The van der Waals surface area contributed by atoms with Gasteiger partial charge >= 0.3 is 0 Å². The van der Waals surface area contributed by atoms with Gasteiger partial charge in [-0.25, -0.2) is 4.98 Å². The SMILES string of the molecule is CSc1cnc(C=O)n1C. The largest absolute Gasteiger partial charge is 0.320 e. The lowest BCUT2D eigenvalue weighted by Gasteiger charge is -1.96. The van der Waals surface area contributed by atoms with Gasteiger partial charge < -0.3 is 4.57 Å². The lowest BCUT2D eigenvalue weighted by molar-refractivity contribution is 0.111. The number of thioether (sulfide) groups is 1. The number of nitrogens with zero attached hydrogens (tertiary/aromatic N) is 2. The molecule has 0 aromatic carbocycles. The zero-order chi connectivity index (χ0) is 7.56. The second-order valence-electron chi connectivity index (χ2n) is 1.84. The van der Waals surface area contributed by atoms with Crippen molar-refractivity contribution in [3.63, 3.8) is 0 Å². The third kappa shape index (κ3) is 1.07. The molecule has 0 bridgehead atoms. The van der Waals surface area contributed by atoms with Crippen molar-refractivity contribution in [1.29, 1.82) is 0 Å². The molecule has 0 amide bonds. The minimum Gasteiger partial charge on any atom is -0.320 e. The van der Waals surface area contributed by atoms with Crippen LogP contribution in [-0.2, 0) is 7.05 Å². The molecule has 0 atom stereocenters. The number of imidazole rings is 1. The molecule has 0 N–H and O–H groups in total. The maximum absolute atomic E-state index is 10.3. The number of carbonyl (C=O) groups is 1. The Labute approximate surface area is 63.4 Å². The van der Waals surface area contributed by atoms with Crippen LogP contribution < -0.4 is 0 Å². The molecular formula is C6H8N2OS. The molecular weight excluding hydrogens is 148 g/mol. The van der Waals surface area contributed by atoms with Crippen LogP contribution in [0.25, 0.3) is 0 Å². The van der Waals surface area contributed by atoms with Crippen molar-refractivity contribution in [1.82, 2.24) is 9.55 Å². The average molecular weight is 156 g/mol. The lowest BCUT2D eigenvalue weighted by atomic mass is 10.7. The Morgan fingerprint density at radius 2 is 2.50 bits per heavy atom. The highest BCUT2D eigenvalue weighted by Crippen LogP contribution is 2.13. The summed E-state index contributed by atoms with van der Waals surface area (Å²) in [5.74, 6) is 0.476.